The van der Waals surface area contributed by atoms with Crippen LogP contribution >= 0.6 is 11.3 Å². The third-order valence-corrected chi connectivity index (χ3v) is 5.99. The minimum Gasteiger partial charge on any atom is -0.497 e. The highest BCUT2D eigenvalue weighted by Crippen LogP contribution is 2.29. The molecule has 0 spiro atoms. The van der Waals surface area contributed by atoms with E-state index in [1.807, 2.05) is 64.9 Å². The van der Waals surface area contributed by atoms with Crippen molar-refractivity contribution < 1.29 is 9.53 Å². The number of amides is 1. The van der Waals surface area contributed by atoms with Gasteiger partial charge < -0.3 is 9.64 Å². The van der Waals surface area contributed by atoms with Crippen LogP contribution in [0.3, 0.4) is 0 Å². The van der Waals surface area contributed by atoms with Gasteiger partial charge in [-0.05, 0) is 62.5 Å². The predicted octanol–water partition coefficient (Wildman–Crippen LogP) is 5.20. The quantitative estimate of drug-likeness (QED) is 0.450. The molecule has 6 heteroatoms. The first kappa shape index (κ1) is 22.0. The molecular formula is C24H29N3O2S. The van der Waals surface area contributed by atoms with E-state index in [1.165, 1.54) is 11.3 Å². The Morgan fingerprint density at radius 1 is 1.00 bits per heavy atom. The molecular weight excluding hydrogens is 394 g/mol. The van der Waals surface area contributed by atoms with Gasteiger partial charge in [0, 0.05) is 23.1 Å². The van der Waals surface area contributed by atoms with Crippen LogP contribution in [0.4, 0.5) is 5.13 Å². The molecule has 0 bridgehead atoms. The van der Waals surface area contributed by atoms with Crippen LogP contribution in [-0.2, 0) is 0 Å². The highest BCUT2D eigenvalue weighted by Gasteiger charge is 2.21. The number of hydrogen-bond donors (Lipinski definition) is 0. The van der Waals surface area contributed by atoms with E-state index >= 15 is 0 Å². The average molecular weight is 424 g/mol. The summed E-state index contributed by atoms with van der Waals surface area (Å²) in [5.74, 6) is 0.803. The van der Waals surface area contributed by atoms with Gasteiger partial charge in [-0.3, -0.25) is 9.69 Å². The van der Waals surface area contributed by atoms with E-state index < -0.39 is 0 Å². The lowest BCUT2D eigenvalue weighted by atomic mass is 10.2. The van der Waals surface area contributed by atoms with Gasteiger partial charge in [0.1, 0.15) is 5.75 Å². The normalized spacial score (nSPS) is 10.9. The van der Waals surface area contributed by atoms with Crippen LogP contribution in [0.1, 0.15) is 30.6 Å². The summed E-state index contributed by atoms with van der Waals surface area (Å²) in [5, 5.41) is 2.74. The van der Waals surface area contributed by atoms with E-state index in [4.69, 9.17) is 9.72 Å². The molecule has 1 heterocycles. The van der Waals surface area contributed by atoms with Gasteiger partial charge in [-0.15, -0.1) is 11.3 Å². The molecule has 30 heavy (non-hydrogen) atoms. The SMILES string of the molecule is CCN(CC)CCCN(C(=O)c1ccccc1)c1nc(-c2ccc(OC)cc2)cs1. The molecule has 0 unspecified atom stereocenters. The Morgan fingerprint density at radius 2 is 1.70 bits per heavy atom. The fourth-order valence-corrected chi connectivity index (χ4v) is 4.15. The lowest BCUT2D eigenvalue weighted by Crippen LogP contribution is -2.34. The number of aromatic nitrogens is 1. The maximum atomic E-state index is 13.3. The van der Waals surface area contributed by atoms with Crippen LogP contribution in [0.15, 0.2) is 60.0 Å². The molecule has 1 amide bonds. The van der Waals surface area contributed by atoms with E-state index in [1.54, 1.807) is 7.11 Å². The zero-order valence-electron chi connectivity index (χ0n) is 17.9. The number of rotatable bonds is 10. The summed E-state index contributed by atoms with van der Waals surface area (Å²) >= 11 is 1.50. The molecule has 158 valence electrons. The largest absolute Gasteiger partial charge is 0.497 e. The number of ether oxygens (including phenoxy) is 1. The monoisotopic (exact) mass is 423 g/mol. The summed E-state index contributed by atoms with van der Waals surface area (Å²) in [4.78, 5) is 22.2. The lowest BCUT2D eigenvalue weighted by molar-refractivity contribution is 0.0985. The molecule has 0 fully saturated rings. The number of thiazole rings is 1. The minimum atomic E-state index is -0.00854. The van der Waals surface area contributed by atoms with Crippen molar-refractivity contribution in [3.05, 3.63) is 65.5 Å². The Bertz CT molecular complexity index is 921. The Kier molecular flexibility index (Phi) is 7.99. The van der Waals surface area contributed by atoms with Crippen LogP contribution in [0, 0.1) is 0 Å². The van der Waals surface area contributed by atoms with Crippen LogP contribution in [0.25, 0.3) is 11.3 Å². The molecule has 0 atom stereocenters. The Labute approximate surface area is 182 Å². The van der Waals surface area contributed by atoms with Gasteiger partial charge in [0.05, 0.1) is 12.8 Å². The number of methoxy groups -OCH3 is 1. The summed E-state index contributed by atoms with van der Waals surface area (Å²) in [5.41, 5.74) is 2.56. The number of carbonyl (C=O) groups is 1. The van der Waals surface area contributed by atoms with Crippen molar-refractivity contribution in [2.75, 3.05) is 38.2 Å². The molecule has 0 aliphatic heterocycles. The predicted molar refractivity (Wildman–Crippen MR) is 125 cm³/mol. The highest BCUT2D eigenvalue weighted by atomic mass is 32.1. The third-order valence-electron chi connectivity index (χ3n) is 5.13. The van der Waals surface area contributed by atoms with Gasteiger partial charge >= 0.3 is 0 Å². The third kappa shape index (κ3) is 5.46. The number of carbonyl (C=O) groups excluding carboxylic acids is 1. The molecule has 0 aliphatic carbocycles. The van der Waals surface area contributed by atoms with Gasteiger partial charge in [0.2, 0.25) is 0 Å². The fraction of sp³-hybridized carbons (Fsp3) is 0.333. The zero-order chi connectivity index (χ0) is 21.3. The van der Waals surface area contributed by atoms with Gasteiger partial charge in [0.15, 0.2) is 5.13 Å². The molecule has 0 aliphatic rings. The van der Waals surface area contributed by atoms with Crippen LogP contribution in [0.5, 0.6) is 5.75 Å². The first-order valence-electron chi connectivity index (χ1n) is 10.4. The zero-order valence-corrected chi connectivity index (χ0v) is 18.7. The maximum Gasteiger partial charge on any atom is 0.260 e. The summed E-state index contributed by atoms with van der Waals surface area (Å²) in [7, 11) is 1.65. The highest BCUT2D eigenvalue weighted by molar-refractivity contribution is 7.14. The Hall–Kier alpha value is -2.70. The Morgan fingerprint density at radius 3 is 2.33 bits per heavy atom. The van der Waals surface area contributed by atoms with Crippen molar-refractivity contribution in [3.63, 3.8) is 0 Å². The van der Waals surface area contributed by atoms with Crippen molar-refractivity contribution in [2.24, 2.45) is 0 Å². The molecule has 1 aromatic heterocycles. The van der Waals surface area contributed by atoms with Crippen LogP contribution in [-0.4, -0.2) is 49.1 Å². The van der Waals surface area contributed by atoms with Gasteiger partial charge in [-0.1, -0.05) is 32.0 Å². The number of nitrogens with zero attached hydrogens (tertiary/aromatic N) is 3. The topological polar surface area (TPSA) is 45.7 Å². The van der Waals surface area contributed by atoms with Crippen molar-refractivity contribution in [1.82, 2.24) is 9.88 Å². The van der Waals surface area contributed by atoms with Crippen LogP contribution in [0.2, 0.25) is 0 Å². The van der Waals surface area contributed by atoms with Gasteiger partial charge in [-0.2, -0.15) is 0 Å². The maximum absolute atomic E-state index is 13.3. The van der Waals surface area contributed by atoms with E-state index in [9.17, 15) is 4.79 Å². The number of benzene rings is 2. The second-order valence-corrected chi connectivity index (χ2v) is 7.78. The molecule has 3 rings (SSSR count). The Balaban J connectivity index is 1.82. The van der Waals surface area contributed by atoms with Crippen molar-refractivity contribution in [2.45, 2.75) is 20.3 Å². The van der Waals surface area contributed by atoms with Crippen molar-refractivity contribution >= 4 is 22.4 Å². The van der Waals surface area contributed by atoms with E-state index in [0.29, 0.717) is 12.1 Å². The van der Waals surface area contributed by atoms with E-state index in [-0.39, 0.29) is 5.91 Å². The smallest absolute Gasteiger partial charge is 0.260 e. The molecule has 0 saturated carbocycles. The van der Waals surface area contributed by atoms with Gasteiger partial charge in [-0.25, -0.2) is 4.98 Å². The summed E-state index contributed by atoms with van der Waals surface area (Å²) in [6, 6.07) is 17.2. The van der Waals surface area contributed by atoms with Crippen LogP contribution < -0.4 is 9.64 Å². The van der Waals surface area contributed by atoms with Crippen molar-refractivity contribution in [3.8, 4) is 17.0 Å². The minimum absolute atomic E-state index is 0.00854. The van der Waals surface area contributed by atoms with Gasteiger partial charge in [0.25, 0.3) is 5.91 Å². The van der Waals surface area contributed by atoms with E-state index in [0.717, 1.165) is 48.2 Å². The molecule has 5 nitrogen and oxygen atoms in total. The summed E-state index contributed by atoms with van der Waals surface area (Å²) < 4.78 is 5.24. The summed E-state index contributed by atoms with van der Waals surface area (Å²) in [6.07, 6.45) is 0.900. The molecule has 0 saturated heterocycles. The van der Waals surface area contributed by atoms with Crippen molar-refractivity contribution in [1.29, 1.82) is 0 Å². The molecule has 2 aromatic carbocycles. The molecule has 3 aromatic rings. The molecule has 0 N–H and O–H groups in total. The summed E-state index contributed by atoms with van der Waals surface area (Å²) in [6.45, 7) is 7.96. The fourth-order valence-electron chi connectivity index (χ4n) is 3.30. The average Bonchev–Trinajstić information content (AvgIpc) is 3.29. The first-order chi connectivity index (χ1) is 14.7. The second-order valence-electron chi connectivity index (χ2n) is 6.95. The standard InChI is InChI=1S/C24H29N3O2S/c1-4-26(5-2)16-9-17-27(23(28)20-10-7-6-8-11-20)24-25-22(18-30-24)19-12-14-21(29-3)15-13-19/h6-8,10-15,18H,4-5,9,16-17H2,1-3H3. The number of anilines is 1. The lowest BCUT2D eigenvalue weighted by Gasteiger charge is -2.23. The van der Waals surface area contributed by atoms with E-state index in [2.05, 4.69) is 18.7 Å². The number of hydrogen-bond acceptors (Lipinski definition) is 5. The molecule has 0 radical (unpaired) electrons. The first-order valence-corrected chi connectivity index (χ1v) is 11.2. The second kappa shape index (κ2) is 10.9.